The van der Waals surface area contributed by atoms with Gasteiger partial charge in [-0.1, -0.05) is 30.7 Å². The maximum atomic E-state index is 12.4. The molecule has 1 aromatic carbocycles. The molecule has 0 spiro atoms. The predicted molar refractivity (Wildman–Crippen MR) is 77.9 cm³/mol. The van der Waals surface area contributed by atoms with Gasteiger partial charge in [0.05, 0.1) is 5.92 Å². The third kappa shape index (κ3) is 3.16. The number of hydrogen-bond acceptors (Lipinski definition) is 2. The molecule has 3 heteroatoms. The number of aryl methyl sites for hydroxylation is 2. The highest BCUT2D eigenvalue weighted by molar-refractivity contribution is 5.79. The number of benzene rings is 1. The van der Waals surface area contributed by atoms with Crippen LogP contribution in [0.15, 0.2) is 18.2 Å². The molecule has 1 fully saturated rings. The van der Waals surface area contributed by atoms with E-state index in [-0.39, 0.29) is 11.8 Å². The van der Waals surface area contributed by atoms with Crippen molar-refractivity contribution in [1.82, 2.24) is 10.2 Å². The van der Waals surface area contributed by atoms with Crippen LogP contribution in [0.3, 0.4) is 0 Å². The summed E-state index contributed by atoms with van der Waals surface area (Å²) in [5.74, 6) is 0.835. The number of hydrogen-bond donors (Lipinski definition) is 1. The van der Waals surface area contributed by atoms with Gasteiger partial charge in [-0.05, 0) is 37.4 Å². The molecule has 0 unspecified atom stereocenters. The minimum Gasteiger partial charge on any atom is -0.341 e. The van der Waals surface area contributed by atoms with Gasteiger partial charge in [-0.3, -0.25) is 4.79 Å². The molecule has 1 heterocycles. The summed E-state index contributed by atoms with van der Waals surface area (Å²) in [6.45, 7) is 8.82. The van der Waals surface area contributed by atoms with E-state index in [1.807, 2.05) is 11.9 Å². The molecule has 0 bridgehead atoms. The number of carbonyl (C=O) groups excluding carboxylic acids is 1. The second-order valence-corrected chi connectivity index (χ2v) is 5.87. The first-order chi connectivity index (χ1) is 8.99. The van der Waals surface area contributed by atoms with E-state index in [0.717, 1.165) is 13.1 Å². The highest BCUT2D eigenvalue weighted by Gasteiger charge is 2.31. The molecule has 19 heavy (non-hydrogen) atoms. The lowest BCUT2D eigenvalue weighted by atomic mass is 9.96. The molecule has 2 rings (SSSR count). The molecule has 104 valence electrons. The minimum atomic E-state index is 0.135. The average Bonchev–Trinajstić information content (AvgIpc) is 2.78. The van der Waals surface area contributed by atoms with Gasteiger partial charge in [-0.25, -0.2) is 0 Å². The zero-order valence-electron chi connectivity index (χ0n) is 12.4. The zero-order chi connectivity index (χ0) is 14.0. The largest absolute Gasteiger partial charge is 0.341 e. The van der Waals surface area contributed by atoms with Crippen LogP contribution in [-0.4, -0.2) is 30.9 Å². The number of carbonyl (C=O) groups is 1. The van der Waals surface area contributed by atoms with Crippen molar-refractivity contribution in [3.63, 3.8) is 0 Å². The summed E-state index contributed by atoms with van der Waals surface area (Å²) in [6, 6.07) is 6.42. The van der Waals surface area contributed by atoms with Gasteiger partial charge >= 0.3 is 0 Å². The van der Waals surface area contributed by atoms with Crippen molar-refractivity contribution in [1.29, 1.82) is 0 Å². The summed E-state index contributed by atoms with van der Waals surface area (Å²) < 4.78 is 0. The Morgan fingerprint density at radius 1 is 1.37 bits per heavy atom. The van der Waals surface area contributed by atoms with Crippen molar-refractivity contribution in [3.05, 3.63) is 34.9 Å². The van der Waals surface area contributed by atoms with Crippen molar-refractivity contribution >= 4 is 5.91 Å². The summed E-state index contributed by atoms with van der Waals surface area (Å²) >= 11 is 0. The van der Waals surface area contributed by atoms with E-state index in [0.29, 0.717) is 12.5 Å². The van der Waals surface area contributed by atoms with Gasteiger partial charge in [0.1, 0.15) is 0 Å². The normalized spacial score (nSPS) is 22.5. The molecule has 0 saturated carbocycles. The Hall–Kier alpha value is -1.35. The summed E-state index contributed by atoms with van der Waals surface area (Å²) in [5, 5.41) is 3.29. The van der Waals surface area contributed by atoms with E-state index in [9.17, 15) is 4.79 Å². The molecule has 0 radical (unpaired) electrons. The smallest absolute Gasteiger partial charge is 0.227 e. The number of amides is 1. The Morgan fingerprint density at radius 3 is 2.68 bits per heavy atom. The van der Waals surface area contributed by atoms with E-state index < -0.39 is 0 Å². The van der Waals surface area contributed by atoms with E-state index in [2.05, 4.69) is 44.3 Å². The second-order valence-electron chi connectivity index (χ2n) is 5.87. The Morgan fingerprint density at radius 2 is 2.11 bits per heavy atom. The van der Waals surface area contributed by atoms with Gasteiger partial charge in [0, 0.05) is 20.1 Å². The zero-order valence-corrected chi connectivity index (χ0v) is 12.4. The van der Waals surface area contributed by atoms with Gasteiger partial charge in [-0.2, -0.15) is 0 Å². The Labute approximate surface area is 116 Å². The predicted octanol–water partition coefficient (Wildman–Crippen LogP) is 2.12. The van der Waals surface area contributed by atoms with Crippen LogP contribution in [0.2, 0.25) is 0 Å². The van der Waals surface area contributed by atoms with Crippen LogP contribution >= 0.6 is 0 Å². The van der Waals surface area contributed by atoms with Crippen LogP contribution in [0, 0.1) is 25.7 Å². The maximum Gasteiger partial charge on any atom is 0.227 e. The van der Waals surface area contributed by atoms with E-state index in [1.165, 1.54) is 16.7 Å². The molecule has 1 amide bonds. The minimum absolute atomic E-state index is 0.135. The SMILES string of the molecule is Cc1ccc(CN(C)C(=O)[C@@H]2CNC[C@H]2C)c(C)c1. The average molecular weight is 260 g/mol. The van der Waals surface area contributed by atoms with Gasteiger partial charge < -0.3 is 10.2 Å². The van der Waals surface area contributed by atoms with Crippen molar-refractivity contribution < 1.29 is 4.79 Å². The fraction of sp³-hybridized carbons (Fsp3) is 0.562. The Kier molecular flexibility index (Phi) is 4.25. The number of nitrogens with zero attached hydrogens (tertiary/aromatic N) is 1. The van der Waals surface area contributed by atoms with Gasteiger partial charge in [0.25, 0.3) is 0 Å². The van der Waals surface area contributed by atoms with Crippen molar-refractivity contribution in [2.75, 3.05) is 20.1 Å². The first-order valence-corrected chi connectivity index (χ1v) is 7.01. The standard InChI is InChI=1S/C16H24N2O/c1-11-5-6-14(12(2)7-11)10-18(4)16(19)15-9-17-8-13(15)3/h5-7,13,15,17H,8-10H2,1-4H3/t13-,15-/m1/s1. The first-order valence-electron chi connectivity index (χ1n) is 7.01. The topological polar surface area (TPSA) is 32.3 Å². The molecule has 3 nitrogen and oxygen atoms in total. The summed E-state index contributed by atoms with van der Waals surface area (Å²) in [5.41, 5.74) is 3.76. The molecular formula is C16H24N2O. The Bertz CT molecular complexity index is 470. The lowest BCUT2D eigenvalue weighted by Gasteiger charge is -2.23. The van der Waals surface area contributed by atoms with E-state index in [1.54, 1.807) is 0 Å². The van der Waals surface area contributed by atoms with Crippen molar-refractivity contribution in [2.24, 2.45) is 11.8 Å². The molecule has 1 N–H and O–H groups in total. The molecule has 1 aromatic rings. The highest BCUT2D eigenvalue weighted by atomic mass is 16.2. The van der Waals surface area contributed by atoms with Crippen LogP contribution < -0.4 is 5.32 Å². The summed E-state index contributed by atoms with van der Waals surface area (Å²) in [6.07, 6.45) is 0. The molecule has 1 aliphatic rings. The molecule has 0 aromatic heterocycles. The second kappa shape index (κ2) is 5.74. The monoisotopic (exact) mass is 260 g/mol. The van der Waals surface area contributed by atoms with Crippen LogP contribution in [0.1, 0.15) is 23.6 Å². The van der Waals surface area contributed by atoms with Crippen LogP contribution in [0.4, 0.5) is 0 Å². The quantitative estimate of drug-likeness (QED) is 0.903. The molecule has 2 atom stereocenters. The third-order valence-corrected chi connectivity index (χ3v) is 4.12. The van der Waals surface area contributed by atoms with Crippen LogP contribution in [0.25, 0.3) is 0 Å². The fourth-order valence-corrected chi connectivity index (χ4v) is 2.78. The van der Waals surface area contributed by atoms with E-state index >= 15 is 0 Å². The Balaban J connectivity index is 2.04. The summed E-state index contributed by atoms with van der Waals surface area (Å²) in [4.78, 5) is 14.3. The molecule has 0 aliphatic carbocycles. The lowest BCUT2D eigenvalue weighted by Crippen LogP contribution is -2.35. The number of rotatable bonds is 3. The first kappa shape index (κ1) is 14.1. The van der Waals surface area contributed by atoms with Crippen LogP contribution in [0.5, 0.6) is 0 Å². The number of nitrogens with one attached hydrogen (secondary N) is 1. The molecule has 1 aliphatic heterocycles. The lowest BCUT2D eigenvalue weighted by molar-refractivity contribution is -0.135. The fourth-order valence-electron chi connectivity index (χ4n) is 2.78. The summed E-state index contributed by atoms with van der Waals surface area (Å²) in [7, 11) is 1.91. The van der Waals surface area contributed by atoms with E-state index in [4.69, 9.17) is 0 Å². The van der Waals surface area contributed by atoms with Crippen molar-refractivity contribution in [2.45, 2.75) is 27.3 Å². The highest BCUT2D eigenvalue weighted by Crippen LogP contribution is 2.20. The van der Waals surface area contributed by atoms with Crippen molar-refractivity contribution in [3.8, 4) is 0 Å². The van der Waals surface area contributed by atoms with Gasteiger partial charge in [0.2, 0.25) is 5.91 Å². The maximum absolute atomic E-state index is 12.4. The van der Waals surface area contributed by atoms with Gasteiger partial charge in [0.15, 0.2) is 0 Å². The molecular weight excluding hydrogens is 236 g/mol. The third-order valence-electron chi connectivity index (χ3n) is 4.12. The van der Waals surface area contributed by atoms with Gasteiger partial charge in [-0.15, -0.1) is 0 Å². The van der Waals surface area contributed by atoms with Crippen LogP contribution in [-0.2, 0) is 11.3 Å². The molecule has 1 saturated heterocycles.